The van der Waals surface area contributed by atoms with Gasteiger partial charge in [0.05, 0.1) is 0 Å². The predicted molar refractivity (Wildman–Crippen MR) is 108 cm³/mol. The lowest BCUT2D eigenvalue weighted by Crippen LogP contribution is -2.28. The maximum Gasteiger partial charge on any atom is 0.351 e. The van der Waals surface area contributed by atoms with Crippen LogP contribution >= 0.6 is 0 Å². The van der Waals surface area contributed by atoms with E-state index in [4.69, 9.17) is 4.74 Å². The number of aromatic nitrogens is 4. The van der Waals surface area contributed by atoms with Crippen molar-refractivity contribution in [1.82, 2.24) is 19.2 Å². The first-order valence-corrected chi connectivity index (χ1v) is 9.30. The summed E-state index contributed by atoms with van der Waals surface area (Å²) in [6.07, 6.45) is 3.63. The molecule has 0 unspecified atom stereocenters. The van der Waals surface area contributed by atoms with Crippen molar-refractivity contribution in [1.29, 1.82) is 0 Å². The molecule has 4 aromatic rings. The molecule has 0 saturated carbocycles. The lowest BCUT2D eigenvalue weighted by Gasteiger charge is -2.06. The molecule has 0 aliphatic carbocycles. The minimum absolute atomic E-state index is 0.0232. The van der Waals surface area contributed by atoms with Crippen LogP contribution < -0.4 is 15.7 Å². The Hall–Kier alpha value is -4.01. The molecule has 0 spiro atoms. The minimum Gasteiger partial charge on any atom is -0.436 e. The number of aryl methyl sites for hydroxylation is 1. The van der Waals surface area contributed by atoms with Crippen LogP contribution in [0, 0.1) is 5.82 Å². The van der Waals surface area contributed by atoms with Gasteiger partial charge in [-0.3, -0.25) is 4.79 Å². The lowest BCUT2D eigenvalue weighted by atomic mass is 10.1. The van der Waals surface area contributed by atoms with Gasteiger partial charge in [-0.05, 0) is 36.2 Å². The lowest BCUT2D eigenvalue weighted by molar-refractivity contribution is -0.117. The number of rotatable bonds is 6. The molecule has 1 amide bonds. The molecule has 2 heterocycles. The number of halogens is 1. The van der Waals surface area contributed by atoms with E-state index in [0.717, 1.165) is 16.7 Å². The Balaban J connectivity index is 1.58. The second-order valence-electron chi connectivity index (χ2n) is 6.53. The maximum absolute atomic E-state index is 13.4. The number of anilines is 1. The molecule has 2 aromatic carbocycles. The molecule has 8 nitrogen and oxygen atoms in total. The van der Waals surface area contributed by atoms with Crippen molar-refractivity contribution in [2.45, 2.75) is 19.9 Å². The smallest absolute Gasteiger partial charge is 0.351 e. The number of nitrogens with zero attached hydrogens (tertiary/aromatic N) is 4. The number of carbonyl (C=O) groups is 1. The Labute approximate surface area is 170 Å². The second kappa shape index (κ2) is 8.16. The SMILES string of the molecule is CCc1cccc(NC(=O)Cn2nc3c(Oc4cccc(F)c4)nccn3c2=O)c1. The van der Waals surface area contributed by atoms with Gasteiger partial charge < -0.3 is 10.1 Å². The molecule has 0 bridgehead atoms. The van der Waals surface area contributed by atoms with E-state index in [1.807, 2.05) is 25.1 Å². The number of amides is 1. The molecule has 2 aromatic heterocycles. The van der Waals surface area contributed by atoms with E-state index in [1.54, 1.807) is 12.1 Å². The number of hydrogen-bond donors (Lipinski definition) is 1. The van der Waals surface area contributed by atoms with E-state index in [1.165, 1.54) is 35.0 Å². The van der Waals surface area contributed by atoms with Crippen LogP contribution in [0.1, 0.15) is 12.5 Å². The van der Waals surface area contributed by atoms with Gasteiger partial charge in [0.1, 0.15) is 18.1 Å². The summed E-state index contributed by atoms with van der Waals surface area (Å²) in [6.45, 7) is 1.74. The standard InChI is InChI=1S/C21H18FN5O3/c1-2-14-5-3-7-16(11-14)24-18(28)13-27-21(29)26-10-9-23-20(19(26)25-27)30-17-8-4-6-15(22)12-17/h3-12H,2,13H2,1H3,(H,24,28). The zero-order chi connectivity index (χ0) is 21.1. The van der Waals surface area contributed by atoms with Crippen molar-refractivity contribution in [3.8, 4) is 11.6 Å². The summed E-state index contributed by atoms with van der Waals surface area (Å²) < 4.78 is 21.2. The maximum atomic E-state index is 13.4. The highest BCUT2D eigenvalue weighted by Crippen LogP contribution is 2.22. The van der Waals surface area contributed by atoms with E-state index in [9.17, 15) is 14.0 Å². The molecule has 0 saturated heterocycles. The van der Waals surface area contributed by atoms with Gasteiger partial charge in [0.2, 0.25) is 11.6 Å². The Morgan fingerprint density at radius 1 is 1.20 bits per heavy atom. The van der Waals surface area contributed by atoms with Gasteiger partial charge >= 0.3 is 5.69 Å². The number of fused-ring (bicyclic) bond motifs is 1. The van der Waals surface area contributed by atoms with Crippen LogP contribution in [-0.4, -0.2) is 25.1 Å². The summed E-state index contributed by atoms with van der Waals surface area (Å²) in [5.74, 6) is -0.623. The van der Waals surface area contributed by atoms with Crippen LogP contribution in [0.4, 0.5) is 10.1 Å². The Kier molecular flexibility index (Phi) is 5.25. The quantitative estimate of drug-likeness (QED) is 0.531. The van der Waals surface area contributed by atoms with E-state index in [0.29, 0.717) is 5.69 Å². The summed E-state index contributed by atoms with van der Waals surface area (Å²) in [5, 5.41) is 6.93. The van der Waals surface area contributed by atoms with Crippen LogP contribution in [-0.2, 0) is 17.8 Å². The molecule has 1 N–H and O–H groups in total. The van der Waals surface area contributed by atoms with Crippen LogP contribution in [0.2, 0.25) is 0 Å². The first kappa shape index (κ1) is 19.3. The van der Waals surface area contributed by atoms with Gasteiger partial charge in [0.25, 0.3) is 5.88 Å². The van der Waals surface area contributed by atoms with Crippen molar-refractivity contribution >= 4 is 17.2 Å². The van der Waals surface area contributed by atoms with E-state index < -0.39 is 17.4 Å². The molecule has 152 valence electrons. The molecular formula is C21H18FN5O3. The third-order valence-electron chi connectivity index (χ3n) is 4.39. The number of carbonyl (C=O) groups excluding carboxylic acids is 1. The van der Waals surface area contributed by atoms with Crippen molar-refractivity contribution in [2.75, 3.05) is 5.32 Å². The van der Waals surface area contributed by atoms with Gasteiger partial charge in [-0.2, -0.15) is 0 Å². The molecule has 0 atom stereocenters. The Morgan fingerprint density at radius 2 is 2.03 bits per heavy atom. The van der Waals surface area contributed by atoms with Gasteiger partial charge in [-0.25, -0.2) is 23.3 Å². The highest BCUT2D eigenvalue weighted by molar-refractivity contribution is 5.90. The summed E-state index contributed by atoms with van der Waals surface area (Å²) in [5.41, 5.74) is 1.33. The zero-order valence-corrected chi connectivity index (χ0v) is 16.1. The molecule has 9 heteroatoms. The fraction of sp³-hybridized carbons (Fsp3) is 0.143. The van der Waals surface area contributed by atoms with Crippen LogP contribution in [0.3, 0.4) is 0 Å². The Bertz CT molecular complexity index is 1280. The minimum atomic E-state index is -0.519. The van der Waals surface area contributed by atoms with E-state index >= 15 is 0 Å². The normalized spacial score (nSPS) is 10.9. The fourth-order valence-corrected chi connectivity index (χ4v) is 2.95. The third-order valence-corrected chi connectivity index (χ3v) is 4.39. The summed E-state index contributed by atoms with van der Waals surface area (Å²) in [7, 11) is 0. The molecular weight excluding hydrogens is 389 g/mol. The third kappa shape index (κ3) is 4.04. The number of benzene rings is 2. The van der Waals surface area contributed by atoms with Crippen molar-refractivity contribution in [3.05, 3.63) is 82.8 Å². The van der Waals surface area contributed by atoms with Gasteiger partial charge in [0.15, 0.2) is 0 Å². The molecule has 0 fully saturated rings. The van der Waals surface area contributed by atoms with E-state index in [-0.39, 0.29) is 23.8 Å². The monoisotopic (exact) mass is 407 g/mol. The van der Waals surface area contributed by atoms with E-state index in [2.05, 4.69) is 15.4 Å². The predicted octanol–water partition coefficient (Wildman–Crippen LogP) is 3.02. The summed E-state index contributed by atoms with van der Waals surface area (Å²) >= 11 is 0. The first-order valence-electron chi connectivity index (χ1n) is 9.30. The van der Waals surface area contributed by atoms with Gasteiger partial charge in [-0.15, -0.1) is 5.10 Å². The highest BCUT2D eigenvalue weighted by Gasteiger charge is 2.16. The number of ether oxygens (including phenoxy) is 1. The average molecular weight is 407 g/mol. The first-order chi connectivity index (χ1) is 14.5. The second-order valence-corrected chi connectivity index (χ2v) is 6.53. The van der Waals surface area contributed by atoms with Crippen LogP contribution in [0.5, 0.6) is 11.6 Å². The summed E-state index contributed by atoms with van der Waals surface area (Å²) in [4.78, 5) is 29.1. The zero-order valence-electron chi connectivity index (χ0n) is 16.1. The molecule has 30 heavy (non-hydrogen) atoms. The fourth-order valence-electron chi connectivity index (χ4n) is 2.95. The van der Waals surface area contributed by atoms with Crippen LogP contribution in [0.25, 0.3) is 5.65 Å². The van der Waals surface area contributed by atoms with Crippen molar-refractivity contribution in [3.63, 3.8) is 0 Å². The largest absolute Gasteiger partial charge is 0.436 e. The molecule has 0 aliphatic rings. The highest BCUT2D eigenvalue weighted by atomic mass is 19.1. The van der Waals surface area contributed by atoms with Crippen molar-refractivity contribution in [2.24, 2.45) is 0 Å². The van der Waals surface area contributed by atoms with Gasteiger partial charge in [0, 0.05) is 24.1 Å². The van der Waals surface area contributed by atoms with Crippen LogP contribution in [0.15, 0.2) is 65.7 Å². The topological polar surface area (TPSA) is 90.5 Å². The molecule has 0 aliphatic heterocycles. The molecule has 0 radical (unpaired) electrons. The number of nitrogens with one attached hydrogen (secondary N) is 1. The summed E-state index contributed by atoms with van der Waals surface area (Å²) in [6, 6.07) is 13.0. The van der Waals surface area contributed by atoms with Gasteiger partial charge in [-0.1, -0.05) is 25.1 Å². The number of hydrogen-bond acceptors (Lipinski definition) is 5. The average Bonchev–Trinajstić information content (AvgIpc) is 3.05. The Morgan fingerprint density at radius 3 is 2.83 bits per heavy atom. The molecule has 4 rings (SSSR count). The van der Waals surface area contributed by atoms with Crippen molar-refractivity contribution < 1.29 is 13.9 Å².